The number of benzene rings is 1. The first kappa shape index (κ1) is 16.1. The van der Waals surface area contributed by atoms with E-state index in [1.165, 1.54) is 12.1 Å². The number of rotatable bonds is 5. The van der Waals surface area contributed by atoms with Crippen molar-refractivity contribution < 1.29 is 18.4 Å². The van der Waals surface area contributed by atoms with Gasteiger partial charge in [0.1, 0.15) is 5.69 Å². The van der Waals surface area contributed by atoms with Gasteiger partial charge in [-0.1, -0.05) is 17.3 Å². The summed E-state index contributed by atoms with van der Waals surface area (Å²) in [7, 11) is 0. The summed E-state index contributed by atoms with van der Waals surface area (Å²) in [6.45, 7) is 0.672. The average Bonchev–Trinajstić information content (AvgIpc) is 3.10. The Balaban J connectivity index is 1.31. The van der Waals surface area contributed by atoms with E-state index in [0.29, 0.717) is 30.5 Å². The van der Waals surface area contributed by atoms with Crippen LogP contribution in [0.25, 0.3) is 11.5 Å². The van der Waals surface area contributed by atoms with Crippen molar-refractivity contribution in [3.8, 4) is 17.3 Å². The van der Waals surface area contributed by atoms with Gasteiger partial charge in [-0.3, -0.25) is 9.78 Å². The van der Waals surface area contributed by atoms with Crippen LogP contribution in [-0.4, -0.2) is 50.6 Å². The molecular weight excluding hydrogens is 341 g/mol. The largest absolute Gasteiger partial charge is 0.481 e. The molecule has 1 saturated heterocycles. The Labute approximate surface area is 147 Å². The molecule has 0 radical (unpaired) electrons. The van der Waals surface area contributed by atoms with Gasteiger partial charge >= 0.3 is 0 Å². The van der Waals surface area contributed by atoms with Crippen molar-refractivity contribution in [3.05, 3.63) is 54.6 Å². The Morgan fingerprint density at radius 1 is 1.31 bits per heavy atom. The molecule has 132 valence electrons. The maximum Gasteiger partial charge on any atom is 0.260 e. The number of carbonyl (C=O) groups excluding carboxylic acids is 1. The topological polar surface area (TPSA) is 94.2 Å². The summed E-state index contributed by atoms with van der Waals surface area (Å²) in [6.07, 6.45) is 4.65. The second-order valence-electron chi connectivity index (χ2n) is 5.76. The molecule has 4 rings (SSSR count). The smallest absolute Gasteiger partial charge is 0.260 e. The lowest BCUT2D eigenvalue weighted by Gasteiger charge is -2.36. The summed E-state index contributed by atoms with van der Waals surface area (Å²) >= 11 is 0. The fourth-order valence-electron chi connectivity index (χ4n) is 2.55. The molecule has 3 aromatic rings. The molecule has 0 aliphatic carbocycles. The maximum absolute atomic E-state index is 13.5. The van der Waals surface area contributed by atoms with E-state index in [1.807, 2.05) is 0 Å². The van der Waals surface area contributed by atoms with Crippen LogP contribution >= 0.6 is 0 Å². The molecule has 3 heterocycles. The number of amides is 1. The molecule has 8 nitrogen and oxygen atoms in total. The van der Waals surface area contributed by atoms with Gasteiger partial charge in [0.2, 0.25) is 11.7 Å². The highest BCUT2D eigenvalue weighted by molar-refractivity contribution is 5.78. The van der Waals surface area contributed by atoms with Crippen LogP contribution in [-0.2, 0) is 4.79 Å². The van der Waals surface area contributed by atoms with Crippen LogP contribution in [0.4, 0.5) is 4.39 Å². The number of aromatic nitrogens is 4. The van der Waals surface area contributed by atoms with Crippen LogP contribution in [0.5, 0.6) is 5.75 Å². The molecule has 0 N–H and O–H groups in total. The molecule has 1 aromatic carbocycles. The van der Waals surface area contributed by atoms with E-state index < -0.39 is 5.82 Å². The number of hydrogen-bond donors (Lipinski definition) is 0. The molecule has 1 aliphatic rings. The van der Waals surface area contributed by atoms with Crippen molar-refractivity contribution in [2.45, 2.75) is 5.92 Å². The molecular formula is C17H14FN5O3. The standard InChI is InChI=1S/C17H14FN5O3/c18-12-3-1-2-4-14(12)25-10-15(24)23-8-11(9-23)17-21-16(22-26-17)13-7-19-5-6-20-13/h1-7,11H,8-10H2. The molecule has 0 atom stereocenters. The summed E-state index contributed by atoms with van der Waals surface area (Å²) in [5.41, 5.74) is 0.521. The van der Waals surface area contributed by atoms with Gasteiger partial charge in [0.15, 0.2) is 18.2 Å². The van der Waals surface area contributed by atoms with Crippen molar-refractivity contribution in [2.75, 3.05) is 19.7 Å². The summed E-state index contributed by atoms with van der Waals surface area (Å²) < 4.78 is 23.9. The van der Waals surface area contributed by atoms with E-state index in [-0.39, 0.29) is 24.2 Å². The summed E-state index contributed by atoms with van der Waals surface area (Å²) in [6, 6.07) is 5.97. The monoisotopic (exact) mass is 355 g/mol. The minimum atomic E-state index is -0.496. The fraction of sp³-hybridized carbons (Fsp3) is 0.235. The minimum Gasteiger partial charge on any atom is -0.481 e. The van der Waals surface area contributed by atoms with Crippen LogP contribution in [0.1, 0.15) is 11.8 Å². The molecule has 0 unspecified atom stereocenters. The van der Waals surface area contributed by atoms with Crippen LogP contribution in [0.3, 0.4) is 0 Å². The lowest BCUT2D eigenvalue weighted by atomic mass is 10.0. The molecule has 0 saturated carbocycles. The van der Waals surface area contributed by atoms with Crippen LogP contribution < -0.4 is 4.74 Å². The lowest BCUT2D eigenvalue weighted by Crippen LogP contribution is -2.50. The molecule has 26 heavy (non-hydrogen) atoms. The van der Waals surface area contributed by atoms with E-state index in [0.717, 1.165) is 0 Å². The van der Waals surface area contributed by atoms with Gasteiger partial charge in [-0.2, -0.15) is 4.98 Å². The number of carbonyl (C=O) groups is 1. The van der Waals surface area contributed by atoms with Crippen LogP contribution in [0.15, 0.2) is 47.4 Å². The van der Waals surface area contributed by atoms with Crippen LogP contribution in [0.2, 0.25) is 0 Å². The van der Waals surface area contributed by atoms with Crippen molar-refractivity contribution in [2.24, 2.45) is 0 Å². The highest BCUT2D eigenvalue weighted by Gasteiger charge is 2.35. The molecule has 0 bridgehead atoms. The van der Waals surface area contributed by atoms with Gasteiger partial charge < -0.3 is 14.2 Å². The Kier molecular flexibility index (Phi) is 4.26. The first-order valence-electron chi connectivity index (χ1n) is 7.96. The Morgan fingerprint density at radius 2 is 2.15 bits per heavy atom. The maximum atomic E-state index is 13.5. The highest BCUT2D eigenvalue weighted by Crippen LogP contribution is 2.27. The Bertz CT molecular complexity index is 912. The quantitative estimate of drug-likeness (QED) is 0.687. The second kappa shape index (κ2) is 6.87. The summed E-state index contributed by atoms with van der Waals surface area (Å²) in [5.74, 6) is 0.113. The predicted octanol–water partition coefficient (Wildman–Crippen LogP) is 1.67. The van der Waals surface area contributed by atoms with E-state index in [4.69, 9.17) is 9.26 Å². The number of likely N-dealkylation sites (tertiary alicyclic amines) is 1. The van der Waals surface area contributed by atoms with E-state index in [2.05, 4.69) is 20.1 Å². The third-order valence-corrected chi connectivity index (χ3v) is 4.01. The predicted molar refractivity (Wildman–Crippen MR) is 86.5 cm³/mol. The Hall–Kier alpha value is -3.36. The normalized spacial score (nSPS) is 14.1. The SMILES string of the molecule is O=C(COc1ccccc1F)N1CC(c2nc(-c3cnccn3)no2)C1. The molecule has 1 amide bonds. The number of halogens is 1. The molecule has 9 heteroatoms. The van der Waals surface area contributed by atoms with Gasteiger partial charge in [0.25, 0.3) is 5.91 Å². The van der Waals surface area contributed by atoms with Gasteiger partial charge in [-0.05, 0) is 12.1 Å². The van der Waals surface area contributed by atoms with Crippen molar-refractivity contribution in [1.29, 1.82) is 0 Å². The van der Waals surface area contributed by atoms with Gasteiger partial charge in [0, 0.05) is 25.5 Å². The second-order valence-corrected chi connectivity index (χ2v) is 5.76. The first-order valence-corrected chi connectivity index (χ1v) is 7.96. The first-order chi connectivity index (χ1) is 12.7. The molecule has 1 aliphatic heterocycles. The lowest BCUT2D eigenvalue weighted by molar-refractivity contribution is -0.138. The van der Waals surface area contributed by atoms with E-state index in [1.54, 1.807) is 35.6 Å². The average molecular weight is 355 g/mol. The van der Waals surface area contributed by atoms with Crippen molar-refractivity contribution in [3.63, 3.8) is 0 Å². The summed E-state index contributed by atoms with van der Waals surface area (Å²) in [4.78, 5) is 26.1. The van der Waals surface area contributed by atoms with Gasteiger partial charge in [0.05, 0.1) is 12.1 Å². The third kappa shape index (κ3) is 3.23. The number of ether oxygens (including phenoxy) is 1. The number of para-hydroxylation sites is 1. The van der Waals surface area contributed by atoms with E-state index in [9.17, 15) is 9.18 Å². The number of hydrogen-bond acceptors (Lipinski definition) is 7. The third-order valence-electron chi connectivity index (χ3n) is 4.01. The molecule has 1 fully saturated rings. The van der Waals surface area contributed by atoms with E-state index >= 15 is 0 Å². The zero-order valence-corrected chi connectivity index (χ0v) is 13.6. The Morgan fingerprint density at radius 3 is 2.92 bits per heavy atom. The highest BCUT2D eigenvalue weighted by atomic mass is 19.1. The zero-order valence-electron chi connectivity index (χ0n) is 13.6. The van der Waals surface area contributed by atoms with Crippen molar-refractivity contribution >= 4 is 5.91 Å². The zero-order chi connectivity index (χ0) is 17.9. The minimum absolute atomic E-state index is 0.0367. The van der Waals surface area contributed by atoms with Crippen LogP contribution in [0, 0.1) is 5.82 Å². The fourth-order valence-corrected chi connectivity index (χ4v) is 2.55. The summed E-state index contributed by atoms with van der Waals surface area (Å²) in [5, 5.41) is 3.89. The molecule has 0 spiro atoms. The molecule has 2 aromatic heterocycles. The van der Waals surface area contributed by atoms with Gasteiger partial charge in [-0.25, -0.2) is 9.37 Å². The number of nitrogens with zero attached hydrogens (tertiary/aromatic N) is 5. The van der Waals surface area contributed by atoms with Gasteiger partial charge in [-0.15, -0.1) is 0 Å². The van der Waals surface area contributed by atoms with Crippen molar-refractivity contribution in [1.82, 2.24) is 25.0 Å².